The van der Waals surface area contributed by atoms with Gasteiger partial charge in [0.25, 0.3) is 5.24 Å². The third-order valence-electron chi connectivity index (χ3n) is 3.93. The lowest BCUT2D eigenvalue weighted by atomic mass is 10.1. The Morgan fingerprint density at radius 2 is 2.00 bits per heavy atom. The molecule has 3 rings (SSSR count). The summed E-state index contributed by atoms with van der Waals surface area (Å²) in [4.78, 5) is 38.6. The molecule has 116 valence electrons. The first-order valence-electron chi connectivity index (χ1n) is 7.05. The highest BCUT2D eigenvalue weighted by Crippen LogP contribution is 2.26. The highest BCUT2D eigenvalue weighted by molar-refractivity contribution is 8.14. The van der Waals surface area contributed by atoms with E-state index in [2.05, 4.69) is 0 Å². The van der Waals surface area contributed by atoms with Crippen LogP contribution >= 0.6 is 11.8 Å². The predicted octanol–water partition coefficient (Wildman–Crippen LogP) is 1.66. The van der Waals surface area contributed by atoms with Crippen molar-refractivity contribution in [3.63, 3.8) is 0 Å². The van der Waals surface area contributed by atoms with Crippen LogP contribution < -0.4 is 0 Å². The number of benzene rings is 1. The number of amides is 3. The van der Waals surface area contributed by atoms with Gasteiger partial charge in [0.2, 0.25) is 11.8 Å². The zero-order valence-electron chi connectivity index (χ0n) is 11.8. The Labute approximate surface area is 131 Å². The summed E-state index contributed by atoms with van der Waals surface area (Å²) in [5.74, 6) is -0.381. The molecule has 3 amide bonds. The van der Waals surface area contributed by atoms with Gasteiger partial charge in [-0.05, 0) is 24.1 Å². The zero-order chi connectivity index (χ0) is 15.7. The molecule has 0 N–H and O–H groups in total. The third-order valence-corrected chi connectivity index (χ3v) is 4.77. The van der Waals surface area contributed by atoms with Crippen LogP contribution in [0.1, 0.15) is 12.0 Å². The summed E-state index contributed by atoms with van der Waals surface area (Å²) in [5.41, 5.74) is 0.749. The molecule has 0 aromatic heterocycles. The Kier molecular flexibility index (Phi) is 4.15. The van der Waals surface area contributed by atoms with E-state index in [9.17, 15) is 18.8 Å². The van der Waals surface area contributed by atoms with Crippen LogP contribution in [0.5, 0.6) is 0 Å². The van der Waals surface area contributed by atoms with Crippen molar-refractivity contribution in [2.45, 2.75) is 18.9 Å². The van der Waals surface area contributed by atoms with Crippen molar-refractivity contribution < 1.29 is 18.8 Å². The molecule has 1 unspecified atom stereocenters. The highest BCUT2D eigenvalue weighted by atomic mass is 32.2. The van der Waals surface area contributed by atoms with Gasteiger partial charge >= 0.3 is 0 Å². The largest absolute Gasteiger partial charge is 0.340 e. The van der Waals surface area contributed by atoms with Gasteiger partial charge in [-0.2, -0.15) is 0 Å². The molecule has 22 heavy (non-hydrogen) atoms. The van der Waals surface area contributed by atoms with Crippen LogP contribution in [0.3, 0.4) is 0 Å². The number of imide groups is 1. The van der Waals surface area contributed by atoms with Crippen LogP contribution in [-0.2, 0) is 16.0 Å². The fourth-order valence-corrected chi connectivity index (χ4v) is 3.56. The van der Waals surface area contributed by atoms with E-state index in [4.69, 9.17) is 0 Å². The lowest BCUT2D eigenvalue weighted by Gasteiger charge is -2.22. The van der Waals surface area contributed by atoms with Gasteiger partial charge in [0.1, 0.15) is 5.82 Å². The van der Waals surface area contributed by atoms with Crippen LogP contribution in [0.4, 0.5) is 9.18 Å². The third kappa shape index (κ3) is 2.99. The molecular weight excluding hydrogens is 307 g/mol. The molecule has 0 saturated carbocycles. The fourth-order valence-electron chi connectivity index (χ4n) is 2.78. The summed E-state index contributed by atoms with van der Waals surface area (Å²) in [6.45, 7) is 0.921. The van der Waals surface area contributed by atoms with Gasteiger partial charge in [0, 0.05) is 13.1 Å². The zero-order valence-corrected chi connectivity index (χ0v) is 12.6. The normalized spacial score (nSPS) is 21.8. The Bertz CT molecular complexity index is 604. The van der Waals surface area contributed by atoms with Crippen molar-refractivity contribution in [2.75, 3.05) is 18.8 Å². The van der Waals surface area contributed by atoms with E-state index in [0.29, 0.717) is 19.5 Å². The van der Waals surface area contributed by atoms with Gasteiger partial charge in [-0.25, -0.2) is 4.39 Å². The molecule has 7 heteroatoms. The lowest BCUT2D eigenvalue weighted by Crippen LogP contribution is -2.41. The van der Waals surface area contributed by atoms with E-state index < -0.39 is 0 Å². The fraction of sp³-hybridized carbons (Fsp3) is 0.400. The average Bonchev–Trinajstić information content (AvgIpc) is 3.08. The van der Waals surface area contributed by atoms with Gasteiger partial charge in [0.05, 0.1) is 18.2 Å². The Balaban J connectivity index is 1.60. The summed E-state index contributed by atoms with van der Waals surface area (Å²) in [7, 11) is 0. The summed E-state index contributed by atoms with van der Waals surface area (Å²) in [5, 5.41) is -0.220. The molecule has 2 aliphatic rings. The number of carbonyl (C=O) groups is 3. The van der Waals surface area contributed by atoms with Crippen LogP contribution in [0.15, 0.2) is 24.3 Å². The number of nitrogens with zero attached hydrogens (tertiary/aromatic N) is 2. The lowest BCUT2D eigenvalue weighted by molar-refractivity contribution is -0.131. The number of halogens is 1. The number of thioether (sulfide) groups is 1. The second-order valence-corrected chi connectivity index (χ2v) is 6.33. The molecule has 2 fully saturated rings. The Morgan fingerprint density at radius 3 is 2.64 bits per heavy atom. The predicted molar refractivity (Wildman–Crippen MR) is 79.8 cm³/mol. The van der Waals surface area contributed by atoms with Crippen LogP contribution in [0, 0.1) is 5.82 Å². The second-order valence-electron chi connectivity index (χ2n) is 5.40. The Hall–Kier alpha value is -1.89. The molecule has 0 spiro atoms. The molecule has 2 heterocycles. The standard InChI is InChI=1S/C15H15FN2O3S/c16-11-3-1-10(2-4-11)7-13(19)17-6-5-12(8-17)18-14(20)9-22-15(18)21/h1-4,12H,5-9H2. The molecule has 5 nitrogen and oxygen atoms in total. The SMILES string of the molecule is O=C(Cc1ccc(F)cc1)N1CCC(N2C(=O)CSC2=O)C1. The molecular formula is C15H15FN2O3S. The number of rotatable bonds is 3. The quantitative estimate of drug-likeness (QED) is 0.849. The van der Waals surface area contributed by atoms with Crippen LogP contribution in [0.2, 0.25) is 0 Å². The van der Waals surface area contributed by atoms with E-state index in [1.807, 2.05) is 0 Å². The monoisotopic (exact) mass is 322 g/mol. The molecule has 1 atom stereocenters. The van der Waals surface area contributed by atoms with Crippen LogP contribution in [0.25, 0.3) is 0 Å². The first kappa shape index (κ1) is 15.0. The first-order chi connectivity index (χ1) is 10.5. The summed E-state index contributed by atoms with van der Waals surface area (Å²) < 4.78 is 12.9. The van der Waals surface area contributed by atoms with Gasteiger partial charge in [-0.15, -0.1) is 0 Å². The van der Waals surface area contributed by atoms with Crippen molar-refractivity contribution in [3.8, 4) is 0 Å². The number of likely N-dealkylation sites (tertiary alicyclic amines) is 1. The maximum atomic E-state index is 12.9. The summed E-state index contributed by atoms with van der Waals surface area (Å²) in [6.07, 6.45) is 0.816. The van der Waals surface area contributed by atoms with Crippen molar-refractivity contribution in [1.29, 1.82) is 0 Å². The van der Waals surface area contributed by atoms with Crippen LogP contribution in [-0.4, -0.2) is 51.7 Å². The number of carbonyl (C=O) groups excluding carboxylic acids is 3. The summed E-state index contributed by atoms with van der Waals surface area (Å²) in [6, 6.07) is 5.62. The molecule has 1 aromatic carbocycles. The number of hydrogen-bond donors (Lipinski definition) is 0. The minimum atomic E-state index is -0.332. The topological polar surface area (TPSA) is 57.7 Å². The molecule has 2 saturated heterocycles. The van der Waals surface area contributed by atoms with Gasteiger partial charge in [0.15, 0.2) is 0 Å². The van der Waals surface area contributed by atoms with Crippen molar-refractivity contribution >= 4 is 28.8 Å². The molecule has 1 aromatic rings. The maximum Gasteiger partial charge on any atom is 0.289 e. The molecule has 0 radical (unpaired) electrons. The average molecular weight is 322 g/mol. The van der Waals surface area contributed by atoms with Gasteiger partial charge < -0.3 is 4.90 Å². The maximum absolute atomic E-state index is 12.9. The molecule has 2 aliphatic heterocycles. The van der Waals surface area contributed by atoms with Gasteiger partial charge in [-0.1, -0.05) is 23.9 Å². The first-order valence-corrected chi connectivity index (χ1v) is 8.04. The summed E-state index contributed by atoms with van der Waals surface area (Å²) >= 11 is 1.01. The minimum Gasteiger partial charge on any atom is -0.340 e. The van der Waals surface area contributed by atoms with E-state index in [1.54, 1.807) is 17.0 Å². The van der Waals surface area contributed by atoms with E-state index in [0.717, 1.165) is 17.3 Å². The van der Waals surface area contributed by atoms with E-state index in [-0.39, 0.29) is 41.1 Å². The molecule has 0 bridgehead atoms. The second kappa shape index (κ2) is 6.08. The smallest absolute Gasteiger partial charge is 0.289 e. The van der Waals surface area contributed by atoms with Crippen molar-refractivity contribution in [3.05, 3.63) is 35.6 Å². The van der Waals surface area contributed by atoms with Gasteiger partial charge in [-0.3, -0.25) is 19.3 Å². The number of hydrogen-bond acceptors (Lipinski definition) is 4. The van der Waals surface area contributed by atoms with Crippen molar-refractivity contribution in [1.82, 2.24) is 9.80 Å². The highest BCUT2D eigenvalue weighted by Gasteiger charge is 2.40. The van der Waals surface area contributed by atoms with E-state index >= 15 is 0 Å². The Morgan fingerprint density at radius 1 is 1.27 bits per heavy atom. The van der Waals surface area contributed by atoms with Crippen molar-refractivity contribution in [2.24, 2.45) is 0 Å². The minimum absolute atomic E-state index is 0.0687. The molecule has 0 aliphatic carbocycles. The van der Waals surface area contributed by atoms with E-state index in [1.165, 1.54) is 17.0 Å².